The van der Waals surface area contributed by atoms with Crippen LogP contribution in [0.5, 0.6) is 0 Å². The molecule has 2 heterocycles. The lowest BCUT2D eigenvalue weighted by atomic mass is 10.1. The smallest absolute Gasteiger partial charge is 0.267 e. The summed E-state index contributed by atoms with van der Waals surface area (Å²) in [6.45, 7) is 0.209. The molecule has 20 heavy (non-hydrogen) atoms. The minimum atomic E-state index is -0.268. The van der Waals surface area contributed by atoms with E-state index in [1.807, 2.05) is 6.07 Å². The molecule has 0 atom stereocenters. The zero-order valence-corrected chi connectivity index (χ0v) is 10.7. The average Bonchev–Trinajstić information content (AvgIpc) is 2.85. The predicted octanol–water partition coefficient (Wildman–Crippen LogP) is 0.445. The van der Waals surface area contributed by atoms with E-state index >= 15 is 0 Å². The van der Waals surface area contributed by atoms with E-state index in [0.717, 1.165) is 5.56 Å². The lowest BCUT2D eigenvalue weighted by molar-refractivity contribution is 0.594. The summed E-state index contributed by atoms with van der Waals surface area (Å²) in [6.07, 6.45) is 1.47. The van der Waals surface area contributed by atoms with Crippen LogP contribution in [0.4, 0.5) is 0 Å². The Morgan fingerprint density at radius 3 is 2.95 bits per heavy atom. The predicted molar refractivity (Wildman–Crippen MR) is 70.8 cm³/mol. The van der Waals surface area contributed by atoms with E-state index in [4.69, 9.17) is 5.26 Å². The maximum absolute atomic E-state index is 12.3. The third kappa shape index (κ3) is 1.83. The molecule has 0 saturated carbocycles. The summed E-state index contributed by atoms with van der Waals surface area (Å²) in [5, 5.41) is 21.3. The van der Waals surface area contributed by atoms with Crippen molar-refractivity contribution >= 4 is 11.0 Å². The van der Waals surface area contributed by atoms with Gasteiger partial charge in [0.15, 0.2) is 5.65 Å². The molecule has 7 nitrogen and oxygen atoms in total. The fourth-order valence-corrected chi connectivity index (χ4v) is 2.01. The molecular formula is C13H10N6O. The van der Waals surface area contributed by atoms with Gasteiger partial charge in [0.05, 0.1) is 24.4 Å². The van der Waals surface area contributed by atoms with Crippen molar-refractivity contribution in [3.63, 3.8) is 0 Å². The normalized spacial score (nSPS) is 10.6. The second kappa shape index (κ2) is 4.59. The first kappa shape index (κ1) is 12.0. The lowest BCUT2D eigenvalue weighted by Crippen LogP contribution is -2.25. The van der Waals surface area contributed by atoms with Gasteiger partial charge in [-0.05, 0) is 11.6 Å². The quantitative estimate of drug-likeness (QED) is 0.671. The zero-order valence-electron chi connectivity index (χ0n) is 10.7. The molecule has 3 rings (SSSR count). The molecule has 0 fully saturated rings. The van der Waals surface area contributed by atoms with Crippen LogP contribution in [0.2, 0.25) is 0 Å². The van der Waals surface area contributed by atoms with E-state index in [0.29, 0.717) is 16.6 Å². The number of hydrogen-bond acceptors (Lipinski definition) is 5. The third-order valence-electron chi connectivity index (χ3n) is 3.08. The number of fused-ring (bicyclic) bond motifs is 1. The highest BCUT2D eigenvalue weighted by Crippen LogP contribution is 2.08. The molecule has 0 N–H and O–H groups in total. The summed E-state index contributed by atoms with van der Waals surface area (Å²) in [5.41, 5.74) is 1.43. The monoisotopic (exact) mass is 266 g/mol. The summed E-state index contributed by atoms with van der Waals surface area (Å²) >= 11 is 0. The number of aromatic nitrogens is 5. The number of aryl methyl sites for hydroxylation is 1. The Morgan fingerprint density at radius 2 is 2.15 bits per heavy atom. The van der Waals surface area contributed by atoms with Gasteiger partial charge in [-0.1, -0.05) is 23.4 Å². The fraction of sp³-hybridized carbons (Fsp3) is 0.154. The van der Waals surface area contributed by atoms with Gasteiger partial charge in [-0.15, -0.1) is 5.10 Å². The molecule has 0 aliphatic heterocycles. The first-order chi connectivity index (χ1) is 9.70. The Labute approximate surface area is 113 Å². The summed E-state index contributed by atoms with van der Waals surface area (Å²) < 4.78 is 2.73. The lowest BCUT2D eigenvalue weighted by Gasteiger charge is -2.05. The highest BCUT2D eigenvalue weighted by Gasteiger charge is 2.11. The maximum Gasteiger partial charge on any atom is 0.281 e. The van der Waals surface area contributed by atoms with Crippen LogP contribution in [-0.4, -0.2) is 24.8 Å². The van der Waals surface area contributed by atoms with Crippen molar-refractivity contribution in [1.82, 2.24) is 24.8 Å². The summed E-state index contributed by atoms with van der Waals surface area (Å²) in [7, 11) is 1.70. The summed E-state index contributed by atoms with van der Waals surface area (Å²) in [5.74, 6) is 0. The van der Waals surface area contributed by atoms with Crippen molar-refractivity contribution in [2.75, 3.05) is 0 Å². The first-order valence-electron chi connectivity index (χ1n) is 5.94. The van der Waals surface area contributed by atoms with E-state index < -0.39 is 0 Å². The van der Waals surface area contributed by atoms with Crippen molar-refractivity contribution in [3.8, 4) is 6.07 Å². The van der Waals surface area contributed by atoms with Crippen LogP contribution in [0.25, 0.3) is 11.0 Å². The van der Waals surface area contributed by atoms with Crippen LogP contribution in [0.1, 0.15) is 11.1 Å². The highest BCUT2D eigenvalue weighted by atomic mass is 16.1. The van der Waals surface area contributed by atoms with Crippen LogP contribution < -0.4 is 5.56 Å². The van der Waals surface area contributed by atoms with Gasteiger partial charge in [-0.25, -0.2) is 9.36 Å². The number of hydrogen-bond donors (Lipinski definition) is 0. The van der Waals surface area contributed by atoms with Crippen molar-refractivity contribution in [3.05, 3.63) is 51.9 Å². The van der Waals surface area contributed by atoms with E-state index in [1.165, 1.54) is 15.6 Å². The topological polar surface area (TPSA) is 89.4 Å². The molecule has 0 aliphatic rings. The van der Waals surface area contributed by atoms with Crippen LogP contribution in [0.3, 0.4) is 0 Å². The maximum atomic E-state index is 12.3. The van der Waals surface area contributed by atoms with Gasteiger partial charge < -0.3 is 0 Å². The molecule has 7 heteroatoms. The average molecular weight is 266 g/mol. The van der Waals surface area contributed by atoms with E-state index in [1.54, 1.807) is 25.2 Å². The second-order valence-corrected chi connectivity index (χ2v) is 4.33. The minimum Gasteiger partial charge on any atom is -0.267 e. The molecule has 2 aromatic heterocycles. The van der Waals surface area contributed by atoms with Crippen LogP contribution in [0.15, 0.2) is 35.3 Å². The molecule has 1 aromatic carbocycles. The van der Waals surface area contributed by atoms with Crippen molar-refractivity contribution < 1.29 is 0 Å². The Balaban J connectivity index is 2.10. The van der Waals surface area contributed by atoms with Gasteiger partial charge >= 0.3 is 0 Å². The van der Waals surface area contributed by atoms with Crippen molar-refractivity contribution in [2.24, 2.45) is 7.05 Å². The largest absolute Gasteiger partial charge is 0.281 e. The van der Waals surface area contributed by atoms with Gasteiger partial charge in [0.2, 0.25) is 0 Å². The molecule has 0 unspecified atom stereocenters. The summed E-state index contributed by atoms with van der Waals surface area (Å²) in [6, 6.07) is 9.19. The van der Waals surface area contributed by atoms with Gasteiger partial charge in [-0.3, -0.25) is 4.79 Å². The van der Waals surface area contributed by atoms with Gasteiger partial charge in [0.25, 0.3) is 5.56 Å². The zero-order chi connectivity index (χ0) is 14.1. The van der Waals surface area contributed by atoms with Gasteiger partial charge in [0.1, 0.15) is 5.39 Å². The molecule has 0 spiro atoms. The molecule has 98 valence electrons. The third-order valence-corrected chi connectivity index (χ3v) is 3.08. The molecule has 0 aliphatic carbocycles. The minimum absolute atomic E-state index is 0.209. The van der Waals surface area contributed by atoms with Crippen LogP contribution in [-0.2, 0) is 13.6 Å². The number of nitrogens with zero attached hydrogens (tertiary/aromatic N) is 6. The second-order valence-electron chi connectivity index (χ2n) is 4.33. The van der Waals surface area contributed by atoms with Gasteiger partial charge in [0, 0.05) is 7.05 Å². The molecule has 0 bridgehead atoms. The number of nitriles is 1. The first-order valence-corrected chi connectivity index (χ1v) is 5.94. The fourth-order valence-electron chi connectivity index (χ4n) is 2.01. The standard InChI is InChI=1S/C13H10N6O/c1-18-12-11(7-15-18)13(20)19(17-16-12)8-10-5-3-2-4-9(10)6-14/h2-5,7H,8H2,1H3. The SMILES string of the molecule is Cn1ncc2c(=O)n(Cc3ccccc3C#N)nnc21. The van der Waals surface area contributed by atoms with E-state index in [2.05, 4.69) is 21.5 Å². The Bertz CT molecular complexity index is 886. The Hall–Kier alpha value is -3.01. The van der Waals surface area contributed by atoms with Crippen LogP contribution in [0, 0.1) is 11.3 Å². The number of rotatable bonds is 2. The number of benzene rings is 1. The van der Waals surface area contributed by atoms with E-state index in [9.17, 15) is 4.79 Å². The molecule has 0 saturated heterocycles. The molecule has 0 radical (unpaired) electrons. The Morgan fingerprint density at radius 1 is 1.35 bits per heavy atom. The highest BCUT2D eigenvalue weighted by molar-refractivity contribution is 5.72. The van der Waals surface area contributed by atoms with Gasteiger partial charge in [-0.2, -0.15) is 10.4 Å². The van der Waals surface area contributed by atoms with Crippen molar-refractivity contribution in [1.29, 1.82) is 5.26 Å². The van der Waals surface area contributed by atoms with Crippen LogP contribution >= 0.6 is 0 Å². The molecule has 0 amide bonds. The summed E-state index contributed by atoms with van der Waals surface area (Å²) in [4.78, 5) is 12.3. The van der Waals surface area contributed by atoms with E-state index in [-0.39, 0.29) is 12.1 Å². The Kier molecular flexibility index (Phi) is 2.76. The molecular weight excluding hydrogens is 256 g/mol. The van der Waals surface area contributed by atoms with Crippen molar-refractivity contribution in [2.45, 2.75) is 6.54 Å². The molecule has 3 aromatic rings.